The summed E-state index contributed by atoms with van der Waals surface area (Å²) in [5.74, 6) is 1.33. The Kier molecular flexibility index (Phi) is 6.22. The van der Waals surface area contributed by atoms with Gasteiger partial charge in [-0.25, -0.2) is 0 Å². The van der Waals surface area contributed by atoms with E-state index in [1.807, 2.05) is 13.8 Å². The van der Waals surface area contributed by atoms with Gasteiger partial charge in [0, 0.05) is 19.1 Å². The molecule has 0 fully saturated rings. The van der Waals surface area contributed by atoms with Gasteiger partial charge in [0.1, 0.15) is 0 Å². The molecule has 0 saturated carbocycles. The Balaban J connectivity index is 2.87. The minimum Gasteiger partial charge on any atom is -0.490 e. The van der Waals surface area contributed by atoms with E-state index in [1.165, 1.54) is 0 Å². The van der Waals surface area contributed by atoms with E-state index in [1.54, 1.807) is 25.3 Å². The van der Waals surface area contributed by atoms with Gasteiger partial charge in [0.25, 0.3) is 0 Å². The molecule has 1 rings (SSSR count). The molecule has 0 radical (unpaired) electrons. The van der Waals surface area contributed by atoms with Crippen LogP contribution in [0.3, 0.4) is 0 Å². The summed E-state index contributed by atoms with van der Waals surface area (Å²) < 4.78 is 15.8. The molecule has 0 aromatic heterocycles. The van der Waals surface area contributed by atoms with Crippen molar-refractivity contribution in [3.63, 3.8) is 0 Å². The molecule has 0 atom stereocenters. The number of Topliss-reactive ketones (excluding diaryl/α,β-unsaturated/α-hetero) is 1. The highest BCUT2D eigenvalue weighted by Crippen LogP contribution is 2.28. The molecule has 4 heteroatoms. The van der Waals surface area contributed by atoms with Crippen LogP contribution in [-0.2, 0) is 4.74 Å². The SMILES string of the molecule is CCOc1ccc(C(=O)CCOC)cc1OCC. The van der Waals surface area contributed by atoms with E-state index in [4.69, 9.17) is 14.2 Å². The number of rotatable bonds is 8. The predicted molar refractivity (Wildman–Crippen MR) is 69.6 cm³/mol. The zero-order valence-electron chi connectivity index (χ0n) is 11.2. The average Bonchev–Trinajstić information content (AvgIpc) is 2.38. The van der Waals surface area contributed by atoms with Crippen LogP contribution in [0.2, 0.25) is 0 Å². The number of hydrogen-bond acceptors (Lipinski definition) is 4. The summed E-state index contributed by atoms with van der Waals surface area (Å²) in [5, 5.41) is 0. The van der Waals surface area contributed by atoms with E-state index in [0.29, 0.717) is 43.3 Å². The molecule has 0 bridgehead atoms. The van der Waals surface area contributed by atoms with Gasteiger partial charge in [-0.2, -0.15) is 0 Å². The maximum absolute atomic E-state index is 11.9. The number of carbonyl (C=O) groups is 1. The molecule has 0 aliphatic heterocycles. The first-order valence-electron chi connectivity index (χ1n) is 6.14. The van der Waals surface area contributed by atoms with Crippen molar-refractivity contribution in [2.24, 2.45) is 0 Å². The van der Waals surface area contributed by atoms with Crippen molar-refractivity contribution in [1.82, 2.24) is 0 Å². The van der Waals surface area contributed by atoms with Crippen LogP contribution < -0.4 is 9.47 Å². The summed E-state index contributed by atoms with van der Waals surface area (Å²) in [5.41, 5.74) is 0.624. The maximum atomic E-state index is 11.9. The van der Waals surface area contributed by atoms with E-state index in [2.05, 4.69) is 0 Å². The molecule has 0 aliphatic carbocycles. The van der Waals surface area contributed by atoms with Crippen LogP contribution in [0.25, 0.3) is 0 Å². The third-order valence-corrected chi connectivity index (χ3v) is 2.40. The lowest BCUT2D eigenvalue weighted by Crippen LogP contribution is -2.05. The summed E-state index contributed by atoms with van der Waals surface area (Å²) in [4.78, 5) is 11.9. The second kappa shape index (κ2) is 7.71. The first kappa shape index (κ1) is 14.5. The summed E-state index contributed by atoms with van der Waals surface area (Å²) in [6.45, 7) is 5.34. The van der Waals surface area contributed by atoms with Gasteiger partial charge >= 0.3 is 0 Å². The first-order chi connectivity index (χ1) is 8.72. The third-order valence-electron chi connectivity index (χ3n) is 2.40. The fourth-order valence-corrected chi connectivity index (χ4v) is 1.56. The van der Waals surface area contributed by atoms with E-state index in [0.717, 1.165) is 0 Å². The van der Waals surface area contributed by atoms with Crippen LogP contribution in [0.5, 0.6) is 11.5 Å². The van der Waals surface area contributed by atoms with Crippen LogP contribution in [-0.4, -0.2) is 32.7 Å². The number of carbonyl (C=O) groups excluding carboxylic acids is 1. The van der Waals surface area contributed by atoms with E-state index >= 15 is 0 Å². The minimum atomic E-state index is 0.0425. The number of hydrogen-bond donors (Lipinski definition) is 0. The highest BCUT2D eigenvalue weighted by Gasteiger charge is 2.11. The molecule has 100 valence electrons. The fraction of sp³-hybridized carbons (Fsp3) is 0.500. The Hall–Kier alpha value is -1.55. The van der Waals surface area contributed by atoms with Crippen molar-refractivity contribution in [1.29, 1.82) is 0 Å². The van der Waals surface area contributed by atoms with E-state index < -0.39 is 0 Å². The molecule has 0 amide bonds. The number of methoxy groups -OCH3 is 1. The van der Waals surface area contributed by atoms with Crippen molar-refractivity contribution in [2.45, 2.75) is 20.3 Å². The van der Waals surface area contributed by atoms with Gasteiger partial charge in [0.2, 0.25) is 0 Å². The molecular weight excluding hydrogens is 232 g/mol. The molecule has 18 heavy (non-hydrogen) atoms. The summed E-state index contributed by atoms with van der Waals surface area (Å²) in [7, 11) is 1.58. The van der Waals surface area contributed by atoms with Crippen LogP contribution in [0.4, 0.5) is 0 Å². The summed E-state index contributed by atoms with van der Waals surface area (Å²) >= 11 is 0. The standard InChI is InChI=1S/C14H20O4/c1-4-17-13-7-6-11(10-14(13)18-5-2)12(15)8-9-16-3/h6-7,10H,4-5,8-9H2,1-3H3. The van der Waals surface area contributed by atoms with Gasteiger partial charge in [-0.3, -0.25) is 4.79 Å². The van der Waals surface area contributed by atoms with Crippen LogP contribution in [0.1, 0.15) is 30.6 Å². The Morgan fingerprint density at radius 3 is 2.39 bits per heavy atom. The monoisotopic (exact) mass is 252 g/mol. The Labute approximate surface area is 108 Å². The number of ether oxygens (including phenoxy) is 3. The Morgan fingerprint density at radius 1 is 1.11 bits per heavy atom. The van der Waals surface area contributed by atoms with Crippen LogP contribution in [0, 0.1) is 0 Å². The lowest BCUT2D eigenvalue weighted by Gasteiger charge is -2.12. The number of ketones is 1. The molecule has 0 unspecified atom stereocenters. The van der Waals surface area contributed by atoms with Crippen molar-refractivity contribution in [3.05, 3.63) is 23.8 Å². The highest BCUT2D eigenvalue weighted by atomic mass is 16.5. The average molecular weight is 252 g/mol. The molecule has 1 aromatic rings. The zero-order valence-corrected chi connectivity index (χ0v) is 11.2. The van der Waals surface area contributed by atoms with Gasteiger partial charge < -0.3 is 14.2 Å². The first-order valence-corrected chi connectivity index (χ1v) is 6.14. The van der Waals surface area contributed by atoms with Crippen molar-refractivity contribution >= 4 is 5.78 Å². The van der Waals surface area contributed by atoms with Gasteiger partial charge in [0.15, 0.2) is 17.3 Å². The van der Waals surface area contributed by atoms with Crippen molar-refractivity contribution in [3.8, 4) is 11.5 Å². The van der Waals surface area contributed by atoms with Crippen molar-refractivity contribution < 1.29 is 19.0 Å². The van der Waals surface area contributed by atoms with Crippen LogP contribution >= 0.6 is 0 Å². The fourth-order valence-electron chi connectivity index (χ4n) is 1.56. The van der Waals surface area contributed by atoms with E-state index in [9.17, 15) is 4.79 Å². The quantitative estimate of drug-likeness (QED) is 0.667. The van der Waals surface area contributed by atoms with E-state index in [-0.39, 0.29) is 5.78 Å². The maximum Gasteiger partial charge on any atom is 0.165 e. The molecule has 0 spiro atoms. The zero-order chi connectivity index (χ0) is 13.4. The second-order valence-electron chi connectivity index (χ2n) is 3.69. The van der Waals surface area contributed by atoms with Gasteiger partial charge in [-0.1, -0.05) is 0 Å². The highest BCUT2D eigenvalue weighted by molar-refractivity contribution is 5.96. The van der Waals surface area contributed by atoms with Crippen LogP contribution in [0.15, 0.2) is 18.2 Å². The summed E-state index contributed by atoms with van der Waals surface area (Å²) in [6.07, 6.45) is 0.371. The predicted octanol–water partition coefficient (Wildman–Crippen LogP) is 2.70. The molecule has 0 aliphatic rings. The summed E-state index contributed by atoms with van der Waals surface area (Å²) in [6, 6.07) is 5.26. The molecular formula is C14H20O4. The van der Waals surface area contributed by atoms with Crippen molar-refractivity contribution in [2.75, 3.05) is 26.9 Å². The van der Waals surface area contributed by atoms with Gasteiger partial charge in [0.05, 0.1) is 19.8 Å². The number of benzene rings is 1. The second-order valence-corrected chi connectivity index (χ2v) is 3.69. The van der Waals surface area contributed by atoms with Gasteiger partial charge in [-0.05, 0) is 32.0 Å². The lowest BCUT2D eigenvalue weighted by molar-refractivity contribution is 0.0931. The molecule has 1 aromatic carbocycles. The Bertz CT molecular complexity index is 387. The third kappa shape index (κ3) is 4.04. The molecule has 0 N–H and O–H groups in total. The minimum absolute atomic E-state index is 0.0425. The van der Waals surface area contributed by atoms with Gasteiger partial charge in [-0.15, -0.1) is 0 Å². The smallest absolute Gasteiger partial charge is 0.165 e. The lowest BCUT2D eigenvalue weighted by atomic mass is 10.1. The largest absolute Gasteiger partial charge is 0.490 e. The Morgan fingerprint density at radius 2 is 1.78 bits per heavy atom. The normalized spacial score (nSPS) is 10.2. The topological polar surface area (TPSA) is 44.8 Å². The molecule has 4 nitrogen and oxygen atoms in total. The molecule has 0 saturated heterocycles. The molecule has 0 heterocycles.